The summed E-state index contributed by atoms with van der Waals surface area (Å²) in [6.07, 6.45) is 0.0997. The summed E-state index contributed by atoms with van der Waals surface area (Å²) in [5.41, 5.74) is 7.57. The number of hydrogen-bond donors (Lipinski definition) is 1. The van der Waals surface area contributed by atoms with Crippen LogP contribution in [-0.2, 0) is 16.1 Å². The number of anilines is 1. The highest BCUT2D eigenvalue weighted by molar-refractivity contribution is 5.78. The lowest BCUT2D eigenvalue weighted by Crippen LogP contribution is -2.45. The van der Waals surface area contributed by atoms with E-state index < -0.39 is 0 Å². The molecule has 4 nitrogen and oxygen atoms in total. The van der Waals surface area contributed by atoms with Gasteiger partial charge in [-0.2, -0.15) is 0 Å². The van der Waals surface area contributed by atoms with Crippen molar-refractivity contribution in [1.29, 1.82) is 0 Å². The second kappa shape index (κ2) is 4.53. The van der Waals surface area contributed by atoms with E-state index in [0.29, 0.717) is 13.1 Å². The molecule has 1 unspecified atom stereocenters. The fourth-order valence-corrected chi connectivity index (χ4v) is 1.81. The van der Waals surface area contributed by atoms with Crippen LogP contribution in [0.1, 0.15) is 12.5 Å². The maximum atomic E-state index is 11.6. The van der Waals surface area contributed by atoms with Crippen LogP contribution in [0.4, 0.5) is 5.69 Å². The van der Waals surface area contributed by atoms with E-state index in [0.717, 1.165) is 11.3 Å². The quantitative estimate of drug-likeness (QED) is 0.757. The number of hydrogen-bond acceptors (Lipinski definition) is 3. The molecule has 0 saturated carbocycles. The predicted molar refractivity (Wildman–Crippen MR) is 61.7 cm³/mol. The highest BCUT2D eigenvalue weighted by Crippen LogP contribution is 2.16. The van der Waals surface area contributed by atoms with Gasteiger partial charge in [0, 0.05) is 18.8 Å². The fourth-order valence-electron chi connectivity index (χ4n) is 1.81. The number of para-hydroxylation sites is 1. The molecular weight excluding hydrogens is 204 g/mol. The summed E-state index contributed by atoms with van der Waals surface area (Å²) in [7, 11) is 0. The third-order valence-electron chi connectivity index (χ3n) is 2.74. The number of carbonyl (C=O) groups excluding carboxylic acids is 1. The zero-order valence-electron chi connectivity index (χ0n) is 9.35. The van der Waals surface area contributed by atoms with Gasteiger partial charge in [0.1, 0.15) is 6.61 Å². The van der Waals surface area contributed by atoms with Gasteiger partial charge in [0.25, 0.3) is 0 Å². The van der Waals surface area contributed by atoms with Crippen molar-refractivity contribution in [2.24, 2.45) is 0 Å². The summed E-state index contributed by atoms with van der Waals surface area (Å²) >= 11 is 0. The van der Waals surface area contributed by atoms with Crippen LogP contribution in [0.15, 0.2) is 24.3 Å². The molecule has 0 aliphatic carbocycles. The number of ether oxygens (including phenoxy) is 1. The van der Waals surface area contributed by atoms with E-state index in [4.69, 9.17) is 10.5 Å². The molecule has 1 aliphatic heterocycles. The molecule has 1 fully saturated rings. The van der Waals surface area contributed by atoms with E-state index in [-0.39, 0.29) is 18.6 Å². The topological polar surface area (TPSA) is 55.6 Å². The monoisotopic (exact) mass is 220 g/mol. The van der Waals surface area contributed by atoms with E-state index in [1.54, 1.807) is 4.90 Å². The molecule has 1 aromatic rings. The first-order chi connectivity index (χ1) is 7.66. The Labute approximate surface area is 95.0 Å². The van der Waals surface area contributed by atoms with Gasteiger partial charge in [-0.3, -0.25) is 4.79 Å². The lowest BCUT2D eigenvalue weighted by Gasteiger charge is -2.31. The SMILES string of the molecule is CC1CN(Cc2ccccc2N)C(=O)CO1. The predicted octanol–water partition coefficient (Wildman–Crippen LogP) is 1.02. The first-order valence-electron chi connectivity index (χ1n) is 5.39. The zero-order chi connectivity index (χ0) is 11.5. The van der Waals surface area contributed by atoms with Crippen LogP contribution in [-0.4, -0.2) is 30.1 Å². The molecule has 1 aliphatic rings. The Balaban J connectivity index is 2.09. The van der Waals surface area contributed by atoms with Crippen LogP contribution >= 0.6 is 0 Å². The second-order valence-electron chi connectivity index (χ2n) is 4.09. The molecule has 86 valence electrons. The van der Waals surface area contributed by atoms with Crippen molar-refractivity contribution in [1.82, 2.24) is 4.90 Å². The lowest BCUT2D eigenvalue weighted by molar-refractivity contribution is -0.148. The number of benzene rings is 1. The van der Waals surface area contributed by atoms with Crippen molar-refractivity contribution in [3.05, 3.63) is 29.8 Å². The standard InChI is InChI=1S/C12H16N2O2/c1-9-6-14(12(15)8-16-9)7-10-4-2-3-5-11(10)13/h2-5,9H,6-8,13H2,1H3. The number of morpholine rings is 1. The molecule has 16 heavy (non-hydrogen) atoms. The minimum atomic E-state index is 0.0290. The van der Waals surface area contributed by atoms with Crippen molar-refractivity contribution in [2.45, 2.75) is 19.6 Å². The van der Waals surface area contributed by atoms with Crippen molar-refractivity contribution in [3.63, 3.8) is 0 Å². The van der Waals surface area contributed by atoms with Crippen LogP contribution in [0, 0.1) is 0 Å². The largest absolute Gasteiger partial charge is 0.398 e. The van der Waals surface area contributed by atoms with E-state index in [2.05, 4.69) is 0 Å². The van der Waals surface area contributed by atoms with Crippen LogP contribution in [0.25, 0.3) is 0 Å². The van der Waals surface area contributed by atoms with Gasteiger partial charge in [-0.25, -0.2) is 0 Å². The summed E-state index contributed by atoms with van der Waals surface area (Å²) in [5, 5.41) is 0. The summed E-state index contributed by atoms with van der Waals surface area (Å²) in [4.78, 5) is 13.4. The lowest BCUT2D eigenvalue weighted by atomic mass is 10.1. The van der Waals surface area contributed by atoms with Gasteiger partial charge < -0.3 is 15.4 Å². The Morgan fingerprint density at radius 2 is 2.25 bits per heavy atom. The Hall–Kier alpha value is -1.55. The van der Waals surface area contributed by atoms with Crippen molar-refractivity contribution in [2.75, 3.05) is 18.9 Å². The third kappa shape index (κ3) is 2.33. The van der Waals surface area contributed by atoms with Gasteiger partial charge in [-0.15, -0.1) is 0 Å². The van der Waals surface area contributed by atoms with E-state index in [1.165, 1.54) is 0 Å². The molecule has 2 N–H and O–H groups in total. The summed E-state index contributed by atoms with van der Waals surface area (Å²) in [6.45, 7) is 3.34. The van der Waals surface area contributed by atoms with Crippen LogP contribution in [0.3, 0.4) is 0 Å². The van der Waals surface area contributed by atoms with Crippen molar-refractivity contribution in [3.8, 4) is 0 Å². The molecule has 1 aromatic carbocycles. The molecule has 1 amide bonds. The maximum Gasteiger partial charge on any atom is 0.248 e. The van der Waals surface area contributed by atoms with E-state index >= 15 is 0 Å². The molecule has 2 rings (SSSR count). The van der Waals surface area contributed by atoms with Gasteiger partial charge in [0.15, 0.2) is 0 Å². The van der Waals surface area contributed by atoms with Crippen LogP contribution < -0.4 is 5.73 Å². The van der Waals surface area contributed by atoms with Crippen molar-refractivity contribution >= 4 is 11.6 Å². The number of rotatable bonds is 2. The minimum absolute atomic E-state index is 0.0290. The molecule has 4 heteroatoms. The summed E-state index contributed by atoms with van der Waals surface area (Å²) < 4.78 is 5.27. The molecule has 0 spiro atoms. The molecule has 1 heterocycles. The fraction of sp³-hybridized carbons (Fsp3) is 0.417. The molecule has 1 atom stereocenters. The average Bonchev–Trinajstić information content (AvgIpc) is 2.27. The summed E-state index contributed by atoms with van der Waals surface area (Å²) in [5.74, 6) is 0.0290. The van der Waals surface area contributed by atoms with Gasteiger partial charge in [0.2, 0.25) is 5.91 Å². The van der Waals surface area contributed by atoms with Crippen LogP contribution in [0.2, 0.25) is 0 Å². The Morgan fingerprint density at radius 1 is 1.50 bits per heavy atom. The van der Waals surface area contributed by atoms with Crippen LogP contribution in [0.5, 0.6) is 0 Å². The molecule has 0 aromatic heterocycles. The number of nitrogen functional groups attached to an aromatic ring is 1. The number of amides is 1. The van der Waals surface area contributed by atoms with Gasteiger partial charge in [0.05, 0.1) is 6.10 Å². The normalized spacial score (nSPS) is 21.2. The molecule has 1 saturated heterocycles. The van der Waals surface area contributed by atoms with E-state index in [9.17, 15) is 4.79 Å². The highest BCUT2D eigenvalue weighted by atomic mass is 16.5. The molecule has 0 radical (unpaired) electrons. The number of nitrogens with zero attached hydrogens (tertiary/aromatic N) is 1. The molecule has 0 bridgehead atoms. The van der Waals surface area contributed by atoms with E-state index in [1.807, 2.05) is 31.2 Å². The van der Waals surface area contributed by atoms with Gasteiger partial charge in [-0.1, -0.05) is 18.2 Å². The number of nitrogens with two attached hydrogens (primary N) is 1. The Morgan fingerprint density at radius 3 is 3.00 bits per heavy atom. The number of carbonyl (C=O) groups is 1. The second-order valence-corrected chi connectivity index (χ2v) is 4.09. The first kappa shape index (κ1) is 11.0. The van der Waals surface area contributed by atoms with Gasteiger partial charge in [-0.05, 0) is 18.6 Å². The maximum absolute atomic E-state index is 11.6. The zero-order valence-corrected chi connectivity index (χ0v) is 9.35. The van der Waals surface area contributed by atoms with Gasteiger partial charge >= 0.3 is 0 Å². The first-order valence-corrected chi connectivity index (χ1v) is 5.39. The molecular formula is C12H16N2O2. The van der Waals surface area contributed by atoms with Crippen molar-refractivity contribution < 1.29 is 9.53 Å². The third-order valence-corrected chi connectivity index (χ3v) is 2.74. The summed E-state index contributed by atoms with van der Waals surface area (Å²) in [6, 6.07) is 7.62. The average molecular weight is 220 g/mol. The Kier molecular flexibility index (Phi) is 3.10. The Bertz CT molecular complexity index is 392. The minimum Gasteiger partial charge on any atom is -0.398 e. The highest BCUT2D eigenvalue weighted by Gasteiger charge is 2.23. The smallest absolute Gasteiger partial charge is 0.248 e.